The van der Waals surface area contributed by atoms with Crippen molar-refractivity contribution in [1.82, 2.24) is 5.32 Å². The molecule has 0 aliphatic carbocycles. The summed E-state index contributed by atoms with van der Waals surface area (Å²) >= 11 is 1.47. The molecule has 1 aromatic rings. The van der Waals surface area contributed by atoms with E-state index in [1.54, 1.807) is 0 Å². The number of hydrogen-bond donors (Lipinski definition) is 2. The number of rotatable bonds is 6. The Morgan fingerprint density at radius 3 is 2.75 bits per heavy atom. The molecule has 110 valence electrons. The van der Waals surface area contributed by atoms with E-state index in [1.165, 1.54) is 17.4 Å². The van der Waals surface area contributed by atoms with Crippen LogP contribution in [0, 0.1) is 0 Å². The fraction of sp³-hybridized carbons (Fsp3) is 0.429. The van der Waals surface area contributed by atoms with Gasteiger partial charge in [0.15, 0.2) is 0 Å². The van der Waals surface area contributed by atoms with Crippen molar-refractivity contribution in [3.8, 4) is 0 Å². The lowest BCUT2D eigenvalue weighted by Gasteiger charge is -2.18. The molecule has 1 aromatic heterocycles. The highest BCUT2D eigenvalue weighted by atomic mass is 32.1. The summed E-state index contributed by atoms with van der Waals surface area (Å²) in [6.07, 6.45) is 2.61. The molecule has 5 nitrogen and oxygen atoms in total. The van der Waals surface area contributed by atoms with E-state index in [0.717, 1.165) is 16.5 Å². The molecule has 1 heterocycles. The van der Waals surface area contributed by atoms with Crippen LogP contribution in [0.3, 0.4) is 0 Å². The van der Waals surface area contributed by atoms with Crippen molar-refractivity contribution in [3.63, 3.8) is 0 Å². The number of ether oxygens (including phenoxy) is 1. The lowest BCUT2D eigenvalue weighted by Crippen LogP contribution is -2.31. The SMILES string of the molecule is CC(C)(C)OCC(=O)NCc1cc(/C=C/C(=O)O)cs1. The molecule has 0 fully saturated rings. The van der Waals surface area contributed by atoms with Crippen LogP contribution in [0.4, 0.5) is 0 Å². The third-order valence-electron chi connectivity index (χ3n) is 2.19. The molecular formula is C14H19NO4S. The van der Waals surface area contributed by atoms with Crippen LogP contribution < -0.4 is 5.32 Å². The Morgan fingerprint density at radius 1 is 1.45 bits per heavy atom. The third-order valence-corrected chi connectivity index (χ3v) is 3.14. The molecule has 0 spiro atoms. The number of carbonyl (C=O) groups is 2. The Bertz CT molecular complexity index is 500. The highest BCUT2D eigenvalue weighted by Crippen LogP contribution is 2.15. The molecule has 0 aliphatic heterocycles. The summed E-state index contributed by atoms with van der Waals surface area (Å²) in [5, 5.41) is 13.1. The van der Waals surface area contributed by atoms with Crippen molar-refractivity contribution in [1.29, 1.82) is 0 Å². The topological polar surface area (TPSA) is 75.6 Å². The van der Waals surface area contributed by atoms with Gasteiger partial charge in [0.1, 0.15) is 6.61 Å². The normalized spacial score (nSPS) is 11.8. The number of aliphatic carboxylic acids is 1. The zero-order chi connectivity index (χ0) is 15.2. The molecular weight excluding hydrogens is 278 g/mol. The van der Waals surface area contributed by atoms with Crippen LogP contribution >= 0.6 is 11.3 Å². The van der Waals surface area contributed by atoms with E-state index in [-0.39, 0.29) is 18.1 Å². The minimum absolute atomic E-state index is 0.0284. The van der Waals surface area contributed by atoms with Gasteiger partial charge in [0.25, 0.3) is 0 Å². The second kappa shape index (κ2) is 7.21. The van der Waals surface area contributed by atoms with Gasteiger partial charge in [-0.25, -0.2) is 4.79 Å². The summed E-state index contributed by atoms with van der Waals surface area (Å²) in [6, 6.07) is 1.84. The van der Waals surface area contributed by atoms with Gasteiger partial charge in [-0.05, 0) is 43.9 Å². The minimum Gasteiger partial charge on any atom is -0.478 e. The van der Waals surface area contributed by atoms with Crippen molar-refractivity contribution in [2.24, 2.45) is 0 Å². The number of carboxylic acid groups (broad SMARTS) is 1. The number of hydrogen-bond acceptors (Lipinski definition) is 4. The Kier molecular flexibility index (Phi) is 5.91. The molecule has 0 bridgehead atoms. The van der Waals surface area contributed by atoms with Crippen LogP contribution in [0.5, 0.6) is 0 Å². The van der Waals surface area contributed by atoms with Gasteiger partial charge in [0, 0.05) is 11.0 Å². The predicted octanol–water partition coefficient (Wildman–Crippen LogP) is 2.28. The van der Waals surface area contributed by atoms with E-state index in [1.807, 2.05) is 32.2 Å². The van der Waals surface area contributed by atoms with Gasteiger partial charge >= 0.3 is 5.97 Å². The number of nitrogens with one attached hydrogen (secondary N) is 1. The lowest BCUT2D eigenvalue weighted by molar-refractivity contribution is -0.131. The summed E-state index contributed by atoms with van der Waals surface area (Å²) in [6.45, 7) is 6.11. The van der Waals surface area contributed by atoms with Gasteiger partial charge in [0.05, 0.1) is 12.1 Å². The molecule has 1 rings (SSSR count). The Labute approximate surface area is 122 Å². The molecule has 0 saturated carbocycles. The quantitative estimate of drug-likeness (QED) is 0.790. The standard InChI is InChI=1S/C14H19NO4S/c1-14(2,3)19-8-12(16)15-7-11-6-10(9-20-11)4-5-13(17)18/h4-6,9H,7-8H2,1-3H3,(H,15,16)(H,17,18)/b5-4+. The van der Waals surface area contributed by atoms with E-state index in [2.05, 4.69) is 5.32 Å². The van der Waals surface area contributed by atoms with E-state index >= 15 is 0 Å². The number of amides is 1. The molecule has 20 heavy (non-hydrogen) atoms. The number of thiophene rings is 1. The highest BCUT2D eigenvalue weighted by Gasteiger charge is 2.12. The van der Waals surface area contributed by atoms with Crippen LogP contribution in [0.15, 0.2) is 17.5 Å². The summed E-state index contributed by atoms with van der Waals surface area (Å²) in [5.74, 6) is -1.15. The van der Waals surface area contributed by atoms with E-state index in [9.17, 15) is 9.59 Å². The number of carboxylic acids is 1. The average molecular weight is 297 g/mol. The second-order valence-electron chi connectivity index (χ2n) is 5.20. The molecule has 0 saturated heterocycles. The van der Waals surface area contributed by atoms with Gasteiger partial charge in [-0.3, -0.25) is 4.79 Å². The monoisotopic (exact) mass is 297 g/mol. The summed E-state index contributed by atoms with van der Waals surface area (Å²) in [7, 11) is 0. The smallest absolute Gasteiger partial charge is 0.328 e. The van der Waals surface area contributed by atoms with Crippen LogP contribution in [0.1, 0.15) is 31.2 Å². The Balaban J connectivity index is 2.39. The first-order valence-electron chi connectivity index (χ1n) is 6.15. The van der Waals surface area contributed by atoms with Crippen molar-refractivity contribution in [2.75, 3.05) is 6.61 Å². The molecule has 2 N–H and O–H groups in total. The molecule has 6 heteroatoms. The van der Waals surface area contributed by atoms with Crippen molar-refractivity contribution in [2.45, 2.75) is 32.9 Å². The summed E-state index contributed by atoms with van der Waals surface area (Å²) in [5.41, 5.74) is 0.474. The zero-order valence-electron chi connectivity index (χ0n) is 11.8. The minimum atomic E-state index is -0.981. The molecule has 0 unspecified atom stereocenters. The first-order chi connectivity index (χ1) is 9.26. The van der Waals surface area contributed by atoms with Gasteiger partial charge in [-0.15, -0.1) is 11.3 Å². The van der Waals surface area contributed by atoms with Crippen LogP contribution in [-0.2, 0) is 20.9 Å². The number of carbonyl (C=O) groups excluding carboxylic acids is 1. The van der Waals surface area contributed by atoms with Crippen molar-refractivity contribution < 1.29 is 19.4 Å². The molecule has 0 aliphatic rings. The lowest BCUT2D eigenvalue weighted by atomic mass is 10.2. The Morgan fingerprint density at radius 2 is 2.15 bits per heavy atom. The zero-order valence-corrected chi connectivity index (χ0v) is 12.6. The van der Waals surface area contributed by atoms with E-state index in [0.29, 0.717) is 6.54 Å². The predicted molar refractivity (Wildman–Crippen MR) is 78.5 cm³/mol. The average Bonchev–Trinajstić information content (AvgIpc) is 2.78. The molecule has 0 atom stereocenters. The Hall–Kier alpha value is -1.66. The first kappa shape index (κ1) is 16.4. The van der Waals surface area contributed by atoms with Gasteiger partial charge in [-0.1, -0.05) is 0 Å². The maximum atomic E-state index is 11.6. The maximum Gasteiger partial charge on any atom is 0.328 e. The highest BCUT2D eigenvalue weighted by molar-refractivity contribution is 7.10. The van der Waals surface area contributed by atoms with Crippen molar-refractivity contribution >= 4 is 29.3 Å². The van der Waals surface area contributed by atoms with E-state index < -0.39 is 5.97 Å². The molecule has 1 amide bonds. The first-order valence-corrected chi connectivity index (χ1v) is 7.03. The summed E-state index contributed by atoms with van der Waals surface area (Å²) in [4.78, 5) is 22.9. The van der Waals surface area contributed by atoms with Crippen LogP contribution in [0.2, 0.25) is 0 Å². The second-order valence-corrected chi connectivity index (χ2v) is 6.19. The molecule has 0 radical (unpaired) electrons. The van der Waals surface area contributed by atoms with Gasteiger partial charge in [-0.2, -0.15) is 0 Å². The summed E-state index contributed by atoms with van der Waals surface area (Å²) < 4.78 is 5.36. The fourth-order valence-corrected chi connectivity index (χ4v) is 2.06. The van der Waals surface area contributed by atoms with E-state index in [4.69, 9.17) is 9.84 Å². The van der Waals surface area contributed by atoms with Gasteiger partial charge in [0.2, 0.25) is 5.91 Å². The fourth-order valence-electron chi connectivity index (χ4n) is 1.26. The van der Waals surface area contributed by atoms with Crippen LogP contribution in [0.25, 0.3) is 6.08 Å². The van der Waals surface area contributed by atoms with Gasteiger partial charge < -0.3 is 15.2 Å². The largest absolute Gasteiger partial charge is 0.478 e. The maximum absolute atomic E-state index is 11.6. The molecule has 0 aromatic carbocycles. The third kappa shape index (κ3) is 7.06. The van der Waals surface area contributed by atoms with Crippen LogP contribution in [-0.4, -0.2) is 29.2 Å². The van der Waals surface area contributed by atoms with Crippen molar-refractivity contribution in [3.05, 3.63) is 28.0 Å².